The lowest BCUT2D eigenvalue weighted by atomic mass is 9.99. The Morgan fingerprint density at radius 3 is 2.15 bits per heavy atom. The molecular formula is C17H23N3O6. The normalized spacial score (nSPS) is 12.6. The fourth-order valence-corrected chi connectivity index (χ4v) is 2.39. The van der Waals surface area contributed by atoms with Crippen molar-refractivity contribution in [3.05, 3.63) is 35.4 Å². The van der Waals surface area contributed by atoms with Crippen LogP contribution in [-0.4, -0.2) is 54.6 Å². The van der Waals surface area contributed by atoms with E-state index in [0.29, 0.717) is 11.1 Å². The van der Waals surface area contributed by atoms with Crippen LogP contribution in [-0.2, 0) is 36.8 Å². The molecule has 5 N–H and O–H groups in total. The molecule has 9 nitrogen and oxygen atoms in total. The monoisotopic (exact) mass is 365 g/mol. The standard InChI is InChI=1S/C17H23N3O6/c1-10(21)19-13(16(23)24)7-11-4-3-5-12(6-11)8-14(17(25)26-2)20-15(22)9-18/h3-6,13-14H,7-9,18H2,1-2H3,(H,19,21)(H,20,22)(H,23,24)/t13-,14-/m0/s1. The van der Waals surface area contributed by atoms with Crippen LogP contribution in [0, 0.1) is 0 Å². The van der Waals surface area contributed by atoms with Gasteiger partial charge in [-0.1, -0.05) is 24.3 Å². The molecule has 1 aromatic carbocycles. The van der Waals surface area contributed by atoms with Crippen molar-refractivity contribution in [1.82, 2.24) is 10.6 Å². The van der Waals surface area contributed by atoms with Gasteiger partial charge in [0.1, 0.15) is 12.1 Å². The van der Waals surface area contributed by atoms with Gasteiger partial charge in [-0.3, -0.25) is 9.59 Å². The van der Waals surface area contributed by atoms with Gasteiger partial charge in [-0.15, -0.1) is 0 Å². The minimum atomic E-state index is -1.15. The number of benzene rings is 1. The molecule has 0 aliphatic carbocycles. The van der Waals surface area contributed by atoms with Gasteiger partial charge < -0.3 is 26.2 Å². The highest BCUT2D eigenvalue weighted by Gasteiger charge is 2.22. The number of hydrogen-bond donors (Lipinski definition) is 4. The van der Waals surface area contributed by atoms with Gasteiger partial charge in [0.2, 0.25) is 11.8 Å². The molecule has 1 rings (SSSR count). The molecule has 26 heavy (non-hydrogen) atoms. The topological polar surface area (TPSA) is 148 Å². The predicted molar refractivity (Wildman–Crippen MR) is 92.1 cm³/mol. The second kappa shape index (κ2) is 10.1. The molecule has 0 aliphatic heterocycles. The van der Waals surface area contributed by atoms with Gasteiger partial charge in [0.05, 0.1) is 13.7 Å². The molecule has 0 saturated carbocycles. The molecule has 0 saturated heterocycles. The average Bonchev–Trinajstić information content (AvgIpc) is 2.59. The largest absolute Gasteiger partial charge is 0.480 e. The molecule has 0 aliphatic rings. The van der Waals surface area contributed by atoms with E-state index < -0.39 is 35.8 Å². The summed E-state index contributed by atoms with van der Waals surface area (Å²) in [7, 11) is 1.21. The van der Waals surface area contributed by atoms with Crippen LogP contribution < -0.4 is 16.4 Å². The summed E-state index contributed by atoms with van der Waals surface area (Å²) in [6.07, 6.45) is 0.241. The maximum atomic E-state index is 11.8. The Labute approximate surface area is 150 Å². The van der Waals surface area contributed by atoms with E-state index in [0.717, 1.165) is 0 Å². The molecule has 2 amide bonds. The Kier molecular flexibility index (Phi) is 8.23. The number of esters is 1. The van der Waals surface area contributed by atoms with Crippen molar-refractivity contribution in [2.24, 2.45) is 5.73 Å². The molecule has 2 atom stereocenters. The molecule has 0 unspecified atom stereocenters. The summed E-state index contributed by atoms with van der Waals surface area (Å²) >= 11 is 0. The van der Waals surface area contributed by atoms with Gasteiger partial charge in [-0.05, 0) is 11.1 Å². The maximum absolute atomic E-state index is 11.8. The van der Waals surface area contributed by atoms with Crippen LogP contribution in [0.5, 0.6) is 0 Å². The third-order valence-electron chi connectivity index (χ3n) is 3.55. The number of carboxylic acids is 1. The number of ether oxygens (including phenoxy) is 1. The van der Waals surface area contributed by atoms with Gasteiger partial charge in [0.15, 0.2) is 0 Å². The number of rotatable bonds is 9. The highest BCUT2D eigenvalue weighted by Crippen LogP contribution is 2.11. The van der Waals surface area contributed by atoms with E-state index >= 15 is 0 Å². The smallest absolute Gasteiger partial charge is 0.328 e. The van der Waals surface area contributed by atoms with Crippen molar-refractivity contribution in [3.8, 4) is 0 Å². The first-order chi connectivity index (χ1) is 12.3. The summed E-state index contributed by atoms with van der Waals surface area (Å²) < 4.78 is 4.68. The number of aliphatic carboxylic acids is 1. The Balaban J connectivity index is 2.92. The summed E-state index contributed by atoms with van der Waals surface area (Å²) in [5, 5.41) is 14.0. The summed E-state index contributed by atoms with van der Waals surface area (Å²) in [6.45, 7) is 0.984. The fraction of sp³-hybridized carbons (Fsp3) is 0.412. The molecule has 1 aromatic rings. The van der Waals surface area contributed by atoms with Crippen molar-refractivity contribution in [1.29, 1.82) is 0 Å². The number of methoxy groups -OCH3 is 1. The number of nitrogens with one attached hydrogen (secondary N) is 2. The molecule has 0 aromatic heterocycles. The summed E-state index contributed by atoms with van der Waals surface area (Å²) in [5.74, 6) is -2.69. The van der Waals surface area contributed by atoms with E-state index in [-0.39, 0.29) is 19.4 Å². The molecule has 9 heteroatoms. The molecule has 142 valence electrons. The minimum absolute atomic E-state index is 0.0841. The zero-order chi connectivity index (χ0) is 19.7. The summed E-state index contributed by atoms with van der Waals surface area (Å²) in [4.78, 5) is 45.7. The minimum Gasteiger partial charge on any atom is -0.480 e. The highest BCUT2D eigenvalue weighted by molar-refractivity contribution is 5.85. The van der Waals surface area contributed by atoms with E-state index in [1.165, 1.54) is 14.0 Å². The molecular weight excluding hydrogens is 342 g/mol. The molecule has 0 radical (unpaired) electrons. The quantitative estimate of drug-likeness (QED) is 0.409. The lowest BCUT2D eigenvalue weighted by Crippen LogP contribution is -2.45. The van der Waals surface area contributed by atoms with Crippen molar-refractivity contribution >= 4 is 23.8 Å². The Hall–Kier alpha value is -2.94. The summed E-state index contributed by atoms with van der Waals surface area (Å²) in [5.41, 5.74) is 6.61. The van der Waals surface area contributed by atoms with Gasteiger partial charge >= 0.3 is 11.9 Å². The zero-order valence-electron chi connectivity index (χ0n) is 14.7. The third-order valence-corrected chi connectivity index (χ3v) is 3.55. The van der Waals surface area contributed by atoms with Crippen molar-refractivity contribution in [2.45, 2.75) is 31.8 Å². The first-order valence-corrected chi connectivity index (χ1v) is 7.91. The summed E-state index contributed by atoms with van der Waals surface area (Å²) in [6, 6.07) is 4.90. The maximum Gasteiger partial charge on any atom is 0.328 e. The van der Waals surface area contributed by atoms with E-state index in [9.17, 15) is 24.3 Å². The molecule has 0 heterocycles. The Morgan fingerprint density at radius 1 is 1.12 bits per heavy atom. The predicted octanol–water partition coefficient (Wildman–Crippen LogP) is -1.02. The second-order valence-corrected chi connectivity index (χ2v) is 5.67. The van der Waals surface area contributed by atoms with Crippen LogP contribution in [0.25, 0.3) is 0 Å². The van der Waals surface area contributed by atoms with Gasteiger partial charge in [-0.2, -0.15) is 0 Å². The number of hydrogen-bond acceptors (Lipinski definition) is 6. The van der Waals surface area contributed by atoms with Crippen LogP contribution in [0.1, 0.15) is 18.1 Å². The molecule has 0 spiro atoms. The van der Waals surface area contributed by atoms with Gasteiger partial charge in [0.25, 0.3) is 0 Å². The van der Waals surface area contributed by atoms with Crippen LogP contribution in [0.2, 0.25) is 0 Å². The highest BCUT2D eigenvalue weighted by atomic mass is 16.5. The lowest BCUT2D eigenvalue weighted by Gasteiger charge is -2.17. The lowest BCUT2D eigenvalue weighted by molar-refractivity contribution is -0.144. The van der Waals surface area contributed by atoms with Crippen molar-refractivity contribution in [2.75, 3.05) is 13.7 Å². The van der Waals surface area contributed by atoms with Crippen LogP contribution in [0.15, 0.2) is 24.3 Å². The third kappa shape index (κ3) is 6.89. The van der Waals surface area contributed by atoms with Gasteiger partial charge in [0, 0.05) is 19.8 Å². The number of nitrogens with two attached hydrogens (primary N) is 1. The number of carboxylic acid groups (broad SMARTS) is 1. The SMILES string of the molecule is COC(=O)[C@H](Cc1cccc(C[C@H](NC(C)=O)C(=O)O)c1)NC(=O)CN. The van der Waals surface area contributed by atoms with Crippen LogP contribution >= 0.6 is 0 Å². The van der Waals surface area contributed by atoms with Crippen molar-refractivity contribution in [3.63, 3.8) is 0 Å². The van der Waals surface area contributed by atoms with Crippen LogP contribution in [0.3, 0.4) is 0 Å². The van der Waals surface area contributed by atoms with Gasteiger partial charge in [-0.25, -0.2) is 9.59 Å². The second-order valence-electron chi connectivity index (χ2n) is 5.67. The Bertz CT molecular complexity index is 676. The first-order valence-electron chi connectivity index (χ1n) is 7.91. The Morgan fingerprint density at radius 2 is 1.69 bits per heavy atom. The number of carbonyl (C=O) groups is 4. The number of amides is 2. The van der Waals surface area contributed by atoms with E-state index in [2.05, 4.69) is 15.4 Å². The molecule has 0 fully saturated rings. The first kappa shape index (κ1) is 21.1. The van der Waals surface area contributed by atoms with E-state index in [1.54, 1.807) is 24.3 Å². The van der Waals surface area contributed by atoms with Crippen molar-refractivity contribution < 1.29 is 29.0 Å². The fourth-order valence-electron chi connectivity index (χ4n) is 2.39. The molecule has 0 bridgehead atoms. The zero-order valence-corrected chi connectivity index (χ0v) is 14.7. The van der Waals surface area contributed by atoms with Crippen LogP contribution in [0.4, 0.5) is 0 Å². The number of carbonyl (C=O) groups excluding carboxylic acids is 3. The van der Waals surface area contributed by atoms with E-state index in [4.69, 9.17) is 5.73 Å². The van der Waals surface area contributed by atoms with E-state index in [1.807, 2.05) is 0 Å². The average molecular weight is 365 g/mol.